The van der Waals surface area contributed by atoms with Crippen LogP contribution in [0, 0.1) is 12.7 Å². The molecule has 1 aromatic heterocycles. The summed E-state index contributed by atoms with van der Waals surface area (Å²) < 4.78 is 25.5. The van der Waals surface area contributed by atoms with E-state index in [1.165, 1.54) is 12.1 Å². The van der Waals surface area contributed by atoms with Gasteiger partial charge in [0.1, 0.15) is 18.3 Å². The summed E-state index contributed by atoms with van der Waals surface area (Å²) in [5.41, 5.74) is 2.58. The van der Waals surface area contributed by atoms with Gasteiger partial charge in [0.15, 0.2) is 0 Å². The fourth-order valence-corrected chi connectivity index (χ4v) is 3.15. The molecule has 1 aliphatic rings. The number of hydrogen-bond donors (Lipinski definition) is 1. The highest BCUT2D eigenvalue weighted by atomic mass is 19.1. The lowest BCUT2D eigenvalue weighted by atomic mass is 10.1. The van der Waals surface area contributed by atoms with E-state index in [1.807, 2.05) is 13.0 Å². The van der Waals surface area contributed by atoms with Gasteiger partial charge in [-0.2, -0.15) is 0 Å². The molecule has 1 saturated heterocycles. The second kappa shape index (κ2) is 7.66. The number of halogens is 2. The minimum atomic E-state index is -0.308. The lowest BCUT2D eigenvalue weighted by Crippen LogP contribution is -2.43. The Balaban J connectivity index is 1.69. The van der Waals surface area contributed by atoms with E-state index in [1.54, 1.807) is 12.1 Å². The van der Waals surface area contributed by atoms with Crippen molar-refractivity contribution >= 4 is 5.82 Å². The van der Waals surface area contributed by atoms with Crippen LogP contribution in [-0.2, 0) is 0 Å². The van der Waals surface area contributed by atoms with Gasteiger partial charge in [-0.05, 0) is 62.2 Å². The number of nitrogens with one attached hydrogen (secondary N) is 1. The van der Waals surface area contributed by atoms with E-state index in [4.69, 9.17) is 0 Å². The zero-order valence-corrected chi connectivity index (χ0v) is 13.8. The molecule has 2 heterocycles. The number of anilines is 1. The predicted molar refractivity (Wildman–Crippen MR) is 91.2 cm³/mol. The third kappa shape index (κ3) is 4.06. The maximum atomic E-state index is 13.0. The standard InChI is InChI=1S/C18H22F2N4/c1-13-11-17(21-16-3-2-9-24(12-16)10-8-19)22-23-18(13)14-4-6-15(20)7-5-14/h4-7,11,16H,2-3,8-10,12H2,1H3,(H,21,22)/t16-/m1/s1. The summed E-state index contributed by atoms with van der Waals surface area (Å²) in [7, 11) is 0. The summed E-state index contributed by atoms with van der Waals surface area (Å²) in [6, 6.07) is 8.47. The minimum Gasteiger partial charge on any atom is -0.365 e. The van der Waals surface area contributed by atoms with Gasteiger partial charge in [0.25, 0.3) is 0 Å². The average Bonchev–Trinajstić information content (AvgIpc) is 2.57. The molecule has 4 nitrogen and oxygen atoms in total. The van der Waals surface area contributed by atoms with Crippen molar-refractivity contribution in [2.75, 3.05) is 31.6 Å². The van der Waals surface area contributed by atoms with Crippen LogP contribution in [-0.4, -0.2) is 47.4 Å². The Hall–Kier alpha value is -2.08. The Bertz CT molecular complexity index is 673. The van der Waals surface area contributed by atoms with Crippen LogP contribution in [0.2, 0.25) is 0 Å². The van der Waals surface area contributed by atoms with Gasteiger partial charge in [0.05, 0.1) is 5.69 Å². The van der Waals surface area contributed by atoms with Crippen molar-refractivity contribution in [2.24, 2.45) is 0 Å². The lowest BCUT2D eigenvalue weighted by molar-refractivity contribution is 0.200. The average molecular weight is 332 g/mol. The Morgan fingerprint density at radius 2 is 2.04 bits per heavy atom. The topological polar surface area (TPSA) is 41.0 Å². The first kappa shape index (κ1) is 16.8. The van der Waals surface area contributed by atoms with Crippen LogP contribution in [0.5, 0.6) is 0 Å². The molecule has 0 radical (unpaired) electrons. The number of likely N-dealkylation sites (tertiary alicyclic amines) is 1. The second-order valence-electron chi connectivity index (χ2n) is 6.24. The molecule has 1 N–H and O–H groups in total. The zero-order valence-electron chi connectivity index (χ0n) is 13.8. The third-order valence-electron chi connectivity index (χ3n) is 4.36. The smallest absolute Gasteiger partial charge is 0.149 e. The first-order valence-electron chi connectivity index (χ1n) is 8.31. The quantitative estimate of drug-likeness (QED) is 0.911. The number of hydrogen-bond acceptors (Lipinski definition) is 4. The molecular formula is C18H22F2N4. The summed E-state index contributed by atoms with van der Waals surface area (Å²) in [6.45, 7) is 3.93. The second-order valence-corrected chi connectivity index (χ2v) is 6.24. The molecule has 128 valence electrons. The van der Waals surface area contributed by atoms with Crippen LogP contribution in [0.15, 0.2) is 30.3 Å². The van der Waals surface area contributed by atoms with Crippen molar-refractivity contribution in [1.82, 2.24) is 15.1 Å². The number of benzene rings is 1. The van der Waals surface area contributed by atoms with Crippen molar-refractivity contribution in [3.63, 3.8) is 0 Å². The molecule has 0 spiro atoms. The lowest BCUT2D eigenvalue weighted by Gasteiger charge is -2.32. The number of alkyl halides is 1. The Kier molecular flexibility index (Phi) is 5.35. The van der Waals surface area contributed by atoms with Crippen LogP contribution in [0.25, 0.3) is 11.3 Å². The van der Waals surface area contributed by atoms with E-state index in [2.05, 4.69) is 20.4 Å². The Morgan fingerprint density at radius 3 is 2.75 bits per heavy atom. The third-order valence-corrected chi connectivity index (χ3v) is 4.36. The Labute approximate surface area is 140 Å². The summed E-state index contributed by atoms with van der Waals surface area (Å²) in [4.78, 5) is 2.13. The largest absolute Gasteiger partial charge is 0.365 e. The van der Waals surface area contributed by atoms with Gasteiger partial charge in [0, 0.05) is 24.7 Å². The number of nitrogens with zero attached hydrogens (tertiary/aromatic N) is 3. The van der Waals surface area contributed by atoms with Crippen molar-refractivity contribution in [1.29, 1.82) is 0 Å². The fraction of sp³-hybridized carbons (Fsp3) is 0.444. The van der Waals surface area contributed by atoms with Crippen LogP contribution >= 0.6 is 0 Å². The highest BCUT2D eigenvalue weighted by molar-refractivity contribution is 5.63. The molecule has 1 atom stereocenters. The molecule has 0 saturated carbocycles. The fourth-order valence-electron chi connectivity index (χ4n) is 3.15. The first-order valence-corrected chi connectivity index (χ1v) is 8.31. The molecule has 0 unspecified atom stereocenters. The van der Waals surface area contributed by atoms with Gasteiger partial charge < -0.3 is 5.32 Å². The van der Waals surface area contributed by atoms with Gasteiger partial charge in [-0.3, -0.25) is 4.90 Å². The van der Waals surface area contributed by atoms with Crippen molar-refractivity contribution in [3.05, 3.63) is 41.7 Å². The van der Waals surface area contributed by atoms with Crippen molar-refractivity contribution in [2.45, 2.75) is 25.8 Å². The maximum absolute atomic E-state index is 13.0. The van der Waals surface area contributed by atoms with E-state index in [0.29, 0.717) is 6.54 Å². The van der Waals surface area contributed by atoms with E-state index in [0.717, 1.165) is 48.6 Å². The van der Waals surface area contributed by atoms with E-state index < -0.39 is 0 Å². The van der Waals surface area contributed by atoms with Crippen molar-refractivity contribution < 1.29 is 8.78 Å². The first-order chi connectivity index (χ1) is 11.7. The molecule has 3 rings (SSSR count). The molecule has 1 aliphatic heterocycles. The number of piperidine rings is 1. The normalized spacial score (nSPS) is 18.5. The Morgan fingerprint density at radius 1 is 1.25 bits per heavy atom. The van der Waals surface area contributed by atoms with E-state index in [-0.39, 0.29) is 18.5 Å². The summed E-state index contributed by atoms with van der Waals surface area (Å²) in [6.07, 6.45) is 2.10. The summed E-state index contributed by atoms with van der Waals surface area (Å²) >= 11 is 0. The molecule has 0 amide bonds. The van der Waals surface area contributed by atoms with Crippen LogP contribution < -0.4 is 5.32 Å². The van der Waals surface area contributed by atoms with Gasteiger partial charge in [-0.25, -0.2) is 8.78 Å². The predicted octanol–water partition coefficient (Wildman–Crippen LogP) is 3.44. The molecule has 2 aromatic rings. The molecule has 1 fully saturated rings. The SMILES string of the molecule is Cc1cc(N[C@@H]2CCCN(CCF)C2)nnc1-c1ccc(F)cc1. The highest BCUT2D eigenvalue weighted by Crippen LogP contribution is 2.23. The van der Waals surface area contributed by atoms with E-state index >= 15 is 0 Å². The highest BCUT2D eigenvalue weighted by Gasteiger charge is 2.20. The summed E-state index contributed by atoms with van der Waals surface area (Å²) in [5, 5.41) is 11.9. The van der Waals surface area contributed by atoms with Gasteiger partial charge in [-0.15, -0.1) is 10.2 Å². The van der Waals surface area contributed by atoms with Crippen LogP contribution in [0.1, 0.15) is 18.4 Å². The van der Waals surface area contributed by atoms with Crippen LogP contribution in [0.3, 0.4) is 0 Å². The maximum Gasteiger partial charge on any atom is 0.149 e. The van der Waals surface area contributed by atoms with Crippen LogP contribution in [0.4, 0.5) is 14.6 Å². The molecule has 1 aromatic carbocycles. The van der Waals surface area contributed by atoms with Crippen molar-refractivity contribution in [3.8, 4) is 11.3 Å². The zero-order chi connectivity index (χ0) is 16.9. The molecule has 0 aliphatic carbocycles. The number of aryl methyl sites for hydroxylation is 1. The monoisotopic (exact) mass is 332 g/mol. The van der Waals surface area contributed by atoms with E-state index in [9.17, 15) is 8.78 Å². The van der Waals surface area contributed by atoms with Gasteiger partial charge >= 0.3 is 0 Å². The molecule has 0 bridgehead atoms. The minimum absolute atomic E-state index is 0.260. The number of aromatic nitrogens is 2. The number of rotatable bonds is 5. The molecule has 6 heteroatoms. The van der Waals surface area contributed by atoms with Gasteiger partial charge in [0.2, 0.25) is 0 Å². The molecule has 24 heavy (non-hydrogen) atoms. The van der Waals surface area contributed by atoms with Gasteiger partial charge in [-0.1, -0.05) is 0 Å². The summed E-state index contributed by atoms with van der Waals surface area (Å²) in [5.74, 6) is 0.461. The molecular weight excluding hydrogens is 310 g/mol.